The number of benzene rings is 1. The molecule has 3 aromatic rings. The predicted molar refractivity (Wildman–Crippen MR) is 84.9 cm³/mol. The molecule has 1 aliphatic rings. The second-order valence-electron chi connectivity index (χ2n) is 5.31. The molecule has 0 radical (unpaired) electrons. The molecule has 0 amide bonds. The number of pyridine rings is 2. The Morgan fingerprint density at radius 3 is 2.48 bits per heavy atom. The molecule has 4 rings (SSSR count). The van der Waals surface area contributed by atoms with E-state index in [1.807, 2.05) is 24.3 Å². The summed E-state index contributed by atoms with van der Waals surface area (Å²) in [7, 11) is 0. The fraction of sp³-hybridized carbons (Fsp3) is 0.0556. The van der Waals surface area contributed by atoms with Crippen molar-refractivity contribution in [3.63, 3.8) is 0 Å². The highest BCUT2D eigenvalue weighted by Crippen LogP contribution is 2.29. The Morgan fingerprint density at radius 2 is 1.65 bits per heavy atom. The highest BCUT2D eigenvalue weighted by atomic mass is 19.1. The van der Waals surface area contributed by atoms with Crippen LogP contribution in [0.3, 0.4) is 0 Å². The lowest BCUT2D eigenvalue weighted by molar-refractivity contribution is 0.454. The summed E-state index contributed by atoms with van der Waals surface area (Å²) in [4.78, 5) is 11.9. The summed E-state index contributed by atoms with van der Waals surface area (Å²) < 4.78 is 13.4. The van der Waals surface area contributed by atoms with Gasteiger partial charge < -0.3 is 5.11 Å². The van der Waals surface area contributed by atoms with Crippen LogP contribution >= 0.6 is 0 Å². The van der Waals surface area contributed by atoms with E-state index in [4.69, 9.17) is 0 Å². The maximum absolute atomic E-state index is 13.4. The van der Waals surface area contributed by atoms with Crippen LogP contribution in [0.15, 0.2) is 59.9 Å². The number of halogens is 1. The molecule has 0 spiro atoms. The Balaban J connectivity index is 1.80. The van der Waals surface area contributed by atoms with Crippen molar-refractivity contribution in [2.45, 2.75) is 6.54 Å². The summed E-state index contributed by atoms with van der Waals surface area (Å²) in [5.41, 5.74) is 5.37. The molecule has 112 valence electrons. The van der Waals surface area contributed by atoms with Crippen LogP contribution in [0.25, 0.3) is 11.1 Å². The predicted octanol–water partition coefficient (Wildman–Crippen LogP) is 3.34. The van der Waals surface area contributed by atoms with E-state index in [0.29, 0.717) is 12.1 Å². The van der Waals surface area contributed by atoms with Crippen LogP contribution in [0.1, 0.15) is 16.7 Å². The average Bonchev–Trinajstić information content (AvgIpc) is 2.98. The zero-order valence-electron chi connectivity index (χ0n) is 12.1. The van der Waals surface area contributed by atoms with Gasteiger partial charge in [-0.1, -0.05) is 12.1 Å². The highest BCUT2D eigenvalue weighted by Gasteiger charge is 2.18. The first-order valence-electron chi connectivity index (χ1n) is 7.16. The third-order valence-electron chi connectivity index (χ3n) is 3.85. The molecule has 1 aliphatic heterocycles. The van der Waals surface area contributed by atoms with Gasteiger partial charge in [0.1, 0.15) is 0 Å². The maximum Gasteiger partial charge on any atom is 0.213 e. The van der Waals surface area contributed by atoms with Gasteiger partial charge in [0.05, 0.1) is 12.3 Å². The van der Waals surface area contributed by atoms with Gasteiger partial charge in [0, 0.05) is 35.7 Å². The number of aromatic nitrogens is 2. The summed E-state index contributed by atoms with van der Waals surface area (Å²) >= 11 is 0. The van der Waals surface area contributed by atoms with Gasteiger partial charge in [-0.25, -0.2) is 9.97 Å². The molecule has 0 fully saturated rings. The monoisotopic (exact) mass is 305 g/mol. The van der Waals surface area contributed by atoms with Gasteiger partial charge in [0.25, 0.3) is 0 Å². The van der Waals surface area contributed by atoms with Gasteiger partial charge >= 0.3 is 0 Å². The number of hydrogen-bond acceptors (Lipinski definition) is 4. The molecule has 0 atom stereocenters. The number of fused-ring (bicyclic) bond motifs is 1. The largest absolute Gasteiger partial charge is 0.493 e. The van der Waals surface area contributed by atoms with Gasteiger partial charge in [0.2, 0.25) is 11.8 Å². The Morgan fingerprint density at radius 1 is 0.870 bits per heavy atom. The van der Waals surface area contributed by atoms with Crippen LogP contribution in [0.2, 0.25) is 0 Å². The van der Waals surface area contributed by atoms with E-state index in [2.05, 4.69) is 15.0 Å². The molecule has 1 N–H and O–H groups in total. The second-order valence-corrected chi connectivity index (χ2v) is 5.31. The van der Waals surface area contributed by atoms with Crippen LogP contribution in [-0.2, 0) is 6.54 Å². The Hall–Kier alpha value is -3.08. The first-order valence-corrected chi connectivity index (χ1v) is 7.16. The van der Waals surface area contributed by atoms with Crippen LogP contribution in [-0.4, -0.2) is 20.8 Å². The SMILES string of the molecule is Oc1cc(-c2ccc3c(c2)C(c2ccnc(F)c2)=NC3)ccn1. The van der Waals surface area contributed by atoms with Crippen LogP contribution in [0.5, 0.6) is 5.88 Å². The minimum atomic E-state index is -0.520. The molecule has 0 bridgehead atoms. The Bertz CT molecular complexity index is 937. The quantitative estimate of drug-likeness (QED) is 0.739. The smallest absolute Gasteiger partial charge is 0.213 e. The zero-order chi connectivity index (χ0) is 15.8. The van der Waals surface area contributed by atoms with Crippen LogP contribution in [0, 0.1) is 5.95 Å². The summed E-state index contributed by atoms with van der Waals surface area (Å²) in [5.74, 6) is -0.540. The van der Waals surface area contributed by atoms with E-state index in [1.165, 1.54) is 12.3 Å². The second kappa shape index (κ2) is 5.28. The minimum Gasteiger partial charge on any atom is -0.493 e. The lowest BCUT2D eigenvalue weighted by atomic mass is 9.96. The van der Waals surface area contributed by atoms with Gasteiger partial charge in [-0.05, 0) is 34.9 Å². The van der Waals surface area contributed by atoms with E-state index >= 15 is 0 Å². The lowest BCUT2D eigenvalue weighted by Gasteiger charge is -2.08. The molecule has 5 heteroatoms. The standard InChI is InChI=1S/C18H12FN3O/c19-16-8-13(4-5-20-16)18-15-7-11(1-2-14(15)10-22-18)12-3-6-21-17(23)9-12/h1-9H,10H2,(H,21,23). The Kier molecular flexibility index (Phi) is 3.12. The number of rotatable bonds is 2. The molecule has 0 saturated heterocycles. The third kappa shape index (κ3) is 2.46. The molecule has 1 aromatic carbocycles. The van der Waals surface area contributed by atoms with E-state index in [-0.39, 0.29) is 5.88 Å². The van der Waals surface area contributed by atoms with Crippen molar-refractivity contribution in [2.24, 2.45) is 4.99 Å². The molecule has 2 aromatic heterocycles. The first-order chi connectivity index (χ1) is 11.2. The fourth-order valence-corrected chi connectivity index (χ4v) is 2.76. The van der Waals surface area contributed by atoms with E-state index < -0.39 is 5.95 Å². The topological polar surface area (TPSA) is 58.4 Å². The fourth-order valence-electron chi connectivity index (χ4n) is 2.76. The first kappa shape index (κ1) is 13.6. The van der Waals surface area contributed by atoms with Crippen molar-refractivity contribution in [1.82, 2.24) is 9.97 Å². The summed E-state index contributed by atoms with van der Waals surface area (Å²) in [6, 6.07) is 12.6. The third-order valence-corrected chi connectivity index (χ3v) is 3.85. The van der Waals surface area contributed by atoms with Crippen LogP contribution in [0.4, 0.5) is 4.39 Å². The van der Waals surface area contributed by atoms with E-state index in [1.54, 1.807) is 18.3 Å². The molecule has 4 nitrogen and oxygen atoms in total. The van der Waals surface area contributed by atoms with Crippen molar-refractivity contribution in [2.75, 3.05) is 0 Å². The Labute approximate surface area is 132 Å². The number of nitrogens with zero attached hydrogens (tertiary/aromatic N) is 3. The zero-order valence-corrected chi connectivity index (χ0v) is 12.1. The number of hydrogen-bond donors (Lipinski definition) is 1. The highest BCUT2D eigenvalue weighted by molar-refractivity contribution is 6.15. The maximum atomic E-state index is 13.4. The van der Waals surface area contributed by atoms with Crippen molar-refractivity contribution < 1.29 is 9.50 Å². The van der Waals surface area contributed by atoms with Crippen LogP contribution < -0.4 is 0 Å². The molecular weight excluding hydrogens is 293 g/mol. The van der Waals surface area contributed by atoms with Crippen molar-refractivity contribution in [3.05, 3.63) is 77.5 Å². The minimum absolute atomic E-state index is 0.0203. The van der Waals surface area contributed by atoms with E-state index in [0.717, 1.165) is 28.0 Å². The molecular formula is C18H12FN3O. The number of aliphatic imine (C=N–C) groups is 1. The normalized spacial score (nSPS) is 12.8. The molecule has 0 unspecified atom stereocenters. The van der Waals surface area contributed by atoms with Crippen molar-refractivity contribution in [1.29, 1.82) is 0 Å². The van der Waals surface area contributed by atoms with Gasteiger partial charge in [-0.2, -0.15) is 4.39 Å². The molecule has 0 aliphatic carbocycles. The summed E-state index contributed by atoms with van der Waals surface area (Å²) in [6.07, 6.45) is 3.00. The van der Waals surface area contributed by atoms with Gasteiger partial charge in [-0.3, -0.25) is 4.99 Å². The number of aromatic hydroxyl groups is 1. The molecule has 3 heterocycles. The average molecular weight is 305 g/mol. The summed E-state index contributed by atoms with van der Waals surface area (Å²) in [5, 5.41) is 9.54. The van der Waals surface area contributed by atoms with Crippen molar-refractivity contribution >= 4 is 5.71 Å². The van der Waals surface area contributed by atoms with Crippen molar-refractivity contribution in [3.8, 4) is 17.0 Å². The molecule has 0 saturated carbocycles. The molecule has 23 heavy (non-hydrogen) atoms. The van der Waals surface area contributed by atoms with Gasteiger partial charge in [0.15, 0.2) is 0 Å². The van der Waals surface area contributed by atoms with Gasteiger partial charge in [-0.15, -0.1) is 0 Å². The van der Waals surface area contributed by atoms with E-state index in [9.17, 15) is 9.50 Å². The lowest BCUT2D eigenvalue weighted by Crippen LogP contribution is -2.02. The summed E-state index contributed by atoms with van der Waals surface area (Å²) in [6.45, 7) is 0.580.